The Morgan fingerprint density at radius 2 is 2.62 bits per heavy atom. The fraction of sp³-hybridized carbons (Fsp3) is 0.625. The Kier molecular flexibility index (Phi) is 2.42. The molecule has 0 spiro atoms. The molecule has 0 amide bonds. The predicted octanol–water partition coefficient (Wildman–Crippen LogP) is 1.30. The van der Waals surface area contributed by atoms with E-state index in [1.165, 1.54) is 0 Å². The zero-order valence-corrected chi connectivity index (χ0v) is 8.00. The van der Waals surface area contributed by atoms with Crippen molar-refractivity contribution < 1.29 is 4.74 Å². The molecule has 0 aromatic carbocycles. The van der Waals surface area contributed by atoms with Gasteiger partial charge in [-0.15, -0.1) is 0 Å². The second-order valence-corrected chi connectivity index (χ2v) is 3.63. The van der Waals surface area contributed by atoms with Gasteiger partial charge in [-0.25, -0.2) is 0 Å². The Morgan fingerprint density at radius 3 is 3.15 bits per heavy atom. The fourth-order valence-electron chi connectivity index (χ4n) is 1.50. The van der Waals surface area contributed by atoms with Crippen molar-refractivity contribution in [2.45, 2.75) is 25.5 Å². The van der Waals surface area contributed by atoms with Crippen LogP contribution in [0.4, 0.5) is 5.82 Å². The first-order valence-corrected chi connectivity index (χ1v) is 4.73. The summed E-state index contributed by atoms with van der Waals surface area (Å²) in [6.45, 7) is 1.60. The molecule has 2 N–H and O–H groups in total. The van der Waals surface area contributed by atoms with Gasteiger partial charge in [0.15, 0.2) is 5.82 Å². The molecule has 0 aliphatic carbocycles. The molecule has 0 saturated carbocycles. The minimum Gasteiger partial charge on any atom is -0.381 e. The molecule has 1 fully saturated rings. The minimum absolute atomic E-state index is 0.273. The lowest BCUT2D eigenvalue weighted by Crippen LogP contribution is -2.15. The van der Waals surface area contributed by atoms with Crippen LogP contribution in [0.2, 0.25) is 5.02 Å². The van der Waals surface area contributed by atoms with E-state index in [1.54, 1.807) is 10.9 Å². The third kappa shape index (κ3) is 1.95. The molecule has 0 bridgehead atoms. The molecule has 1 aromatic rings. The van der Waals surface area contributed by atoms with Crippen molar-refractivity contribution in [3.8, 4) is 0 Å². The first kappa shape index (κ1) is 8.84. The molecule has 2 rings (SSSR count). The fourth-order valence-corrected chi connectivity index (χ4v) is 1.65. The Hall–Kier alpha value is -0.740. The SMILES string of the molecule is Nc1nn(C[C@@H]2CCCO2)cc1Cl. The monoisotopic (exact) mass is 201 g/mol. The summed E-state index contributed by atoms with van der Waals surface area (Å²) in [5, 5.41) is 4.57. The van der Waals surface area contributed by atoms with Crippen molar-refractivity contribution in [1.29, 1.82) is 0 Å². The minimum atomic E-state index is 0.273. The van der Waals surface area contributed by atoms with Gasteiger partial charge in [-0.3, -0.25) is 4.68 Å². The van der Waals surface area contributed by atoms with Gasteiger partial charge in [0, 0.05) is 12.8 Å². The van der Waals surface area contributed by atoms with Crippen LogP contribution >= 0.6 is 11.6 Å². The van der Waals surface area contributed by atoms with Gasteiger partial charge in [-0.1, -0.05) is 11.6 Å². The molecular weight excluding hydrogens is 190 g/mol. The smallest absolute Gasteiger partial charge is 0.164 e. The van der Waals surface area contributed by atoms with E-state index in [4.69, 9.17) is 22.1 Å². The van der Waals surface area contributed by atoms with Gasteiger partial charge in [0.2, 0.25) is 0 Å². The molecule has 13 heavy (non-hydrogen) atoms. The number of anilines is 1. The summed E-state index contributed by atoms with van der Waals surface area (Å²) < 4.78 is 7.20. The molecule has 5 heteroatoms. The third-order valence-corrected chi connectivity index (χ3v) is 2.45. The van der Waals surface area contributed by atoms with E-state index in [1.807, 2.05) is 0 Å². The van der Waals surface area contributed by atoms with Crippen LogP contribution in [0, 0.1) is 0 Å². The summed E-state index contributed by atoms with van der Waals surface area (Å²) in [4.78, 5) is 0. The van der Waals surface area contributed by atoms with E-state index in [-0.39, 0.29) is 6.10 Å². The third-order valence-electron chi connectivity index (χ3n) is 2.16. The lowest BCUT2D eigenvalue weighted by molar-refractivity contribution is 0.0941. The molecule has 2 heterocycles. The quantitative estimate of drug-likeness (QED) is 0.785. The van der Waals surface area contributed by atoms with Gasteiger partial charge < -0.3 is 10.5 Å². The van der Waals surface area contributed by atoms with Crippen molar-refractivity contribution in [3.05, 3.63) is 11.2 Å². The summed E-state index contributed by atoms with van der Waals surface area (Å²) in [6, 6.07) is 0. The second-order valence-electron chi connectivity index (χ2n) is 3.22. The number of nitrogen functional groups attached to an aromatic ring is 1. The lowest BCUT2D eigenvalue weighted by atomic mass is 10.2. The van der Waals surface area contributed by atoms with Crippen LogP contribution in [-0.4, -0.2) is 22.5 Å². The first-order valence-electron chi connectivity index (χ1n) is 4.36. The predicted molar refractivity (Wildman–Crippen MR) is 50.6 cm³/mol. The maximum Gasteiger partial charge on any atom is 0.164 e. The summed E-state index contributed by atoms with van der Waals surface area (Å²) in [5.41, 5.74) is 5.51. The standard InChI is InChI=1S/C8H12ClN3O/c9-7-5-12(11-8(7)10)4-6-2-1-3-13-6/h5-6H,1-4H2,(H2,10,11)/t6-/m0/s1. The number of hydrogen-bond acceptors (Lipinski definition) is 3. The van der Waals surface area contributed by atoms with E-state index in [2.05, 4.69) is 5.10 Å². The maximum atomic E-state index is 5.77. The van der Waals surface area contributed by atoms with Gasteiger partial charge in [-0.05, 0) is 12.8 Å². The highest BCUT2D eigenvalue weighted by Crippen LogP contribution is 2.18. The maximum absolute atomic E-state index is 5.77. The first-order chi connectivity index (χ1) is 6.25. The molecular formula is C8H12ClN3O. The summed E-state index contributed by atoms with van der Waals surface area (Å²) >= 11 is 5.77. The summed E-state index contributed by atoms with van der Waals surface area (Å²) in [7, 11) is 0. The van der Waals surface area contributed by atoms with Crippen LogP contribution in [0.3, 0.4) is 0 Å². The molecule has 72 valence electrons. The molecule has 1 aliphatic heterocycles. The van der Waals surface area contributed by atoms with E-state index in [0.29, 0.717) is 10.8 Å². The highest BCUT2D eigenvalue weighted by Gasteiger charge is 2.16. The van der Waals surface area contributed by atoms with Crippen molar-refractivity contribution in [2.24, 2.45) is 0 Å². The normalized spacial score (nSPS) is 22.4. The molecule has 0 radical (unpaired) electrons. The van der Waals surface area contributed by atoms with Gasteiger partial charge >= 0.3 is 0 Å². The highest BCUT2D eigenvalue weighted by atomic mass is 35.5. The van der Waals surface area contributed by atoms with E-state index in [9.17, 15) is 0 Å². The number of rotatable bonds is 2. The highest BCUT2D eigenvalue weighted by molar-refractivity contribution is 6.32. The Balaban J connectivity index is 2.00. The van der Waals surface area contributed by atoms with Crippen LogP contribution in [0.5, 0.6) is 0 Å². The van der Waals surface area contributed by atoms with Gasteiger partial charge in [0.1, 0.15) is 5.02 Å². The number of hydrogen-bond donors (Lipinski definition) is 1. The van der Waals surface area contributed by atoms with Gasteiger partial charge in [-0.2, -0.15) is 5.10 Å². The van der Waals surface area contributed by atoms with Crippen LogP contribution < -0.4 is 5.73 Å². The molecule has 1 saturated heterocycles. The van der Waals surface area contributed by atoms with E-state index in [0.717, 1.165) is 26.0 Å². The van der Waals surface area contributed by atoms with Crippen molar-refractivity contribution in [3.63, 3.8) is 0 Å². The average Bonchev–Trinajstić information content (AvgIpc) is 2.64. The largest absolute Gasteiger partial charge is 0.381 e. The number of aromatic nitrogens is 2. The van der Waals surface area contributed by atoms with Gasteiger partial charge in [0.05, 0.1) is 12.6 Å². The molecule has 1 aliphatic rings. The topological polar surface area (TPSA) is 53.1 Å². The van der Waals surface area contributed by atoms with Crippen LogP contribution in [0.25, 0.3) is 0 Å². The van der Waals surface area contributed by atoms with E-state index >= 15 is 0 Å². The van der Waals surface area contributed by atoms with Crippen molar-refractivity contribution >= 4 is 17.4 Å². The van der Waals surface area contributed by atoms with Crippen LogP contribution in [-0.2, 0) is 11.3 Å². The number of ether oxygens (including phenoxy) is 1. The molecule has 1 aromatic heterocycles. The number of halogens is 1. The van der Waals surface area contributed by atoms with Crippen molar-refractivity contribution in [2.75, 3.05) is 12.3 Å². The van der Waals surface area contributed by atoms with Crippen molar-refractivity contribution in [1.82, 2.24) is 9.78 Å². The molecule has 1 atom stereocenters. The van der Waals surface area contributed by atoms with Crippen LogP contribution in [0.1, 0.15) is 12.8 Å². The Morgan fingerprint density at radius 1 is 1.77 bits per heavy atom. The number of nitrogens with two attached hydrogens (primary N) is 1. The lowest BCUT2D eigenvalue weighted by Gasteiger charge is -2.08. The van der Waals surface area contributed by atoms with Crippen LogP contribution in [0.15, 0.2) is 6.20 Å². The van der Waals surface area contributed by atoms with Gasteiger partial charge in [0.25, 0.3) is 0 Å². The molecule has 4 nitrogen and oxygen atoms in total. The molecule has 0 unspecified atom stereocenters. The summed E-state index contributed by atoms with van der Waals surface area (Å²) in [5.74, 6) is 0.389. The Labute approximate surface area is 81.6 Å². The second kappa shape index (κ2) is 3.55. The average molecular weight is 202 g/mol. The zero-order chi connectivity index (χ0) is 9.26. The summed E-state index contributed by atoms with van der Waals surface area (Å²) in [6.07, 6.45) is 4.24. The van der Waals surface area contributed by atoms with E-state index < -0.39 is 0 Å². The Bertz CT molecular complexity index is 274. The zero-order valence-electron chi connectivity index (χ0n) is 7.24. The number of nitrogens with zero attached hydrogens (tertiary/aromatic N) is 2.